The molecular weight excluding hydrogens is 404 g/mol. The van der Waals surface area contributed by atoms with Gasteiger partial charge in [0.15, 0.2) is 5.13 Å². The number of nitrogens with zero attached hydrogens (tertiary/aromatic N) is 1. The molecule has 0 bridgehead atoms. The molecule has 1 amide bonds. The number of fused-ring (bicyclic) bond motifs is 4. The molecule has 0 radical (unpaired) electrons. The van der Waals surface area contributed by atoms with E-state index >= 15 is 0 Å². The summed E-state index contributed by atoms with van der Waals surface area (Å²) in [6.45, 7) is 6.58. The Morgan fingerprint density at radius 2 is 2.21 bits per heavy atom. The molecule has 2 aromatic rings. The highest BCUT2D eigenvalue weighted by Crippen LogP contribution is 2.59. The van der Waals surface area contributed by atoms with Crippen LogP contribution < -0.4 is 5.32 Å². The van der Waals surface area contributed by atoms with Gasteiger partial charge in [0.1, 0.15) is 6.10 Å². The Bertz CT molecular complexity index is 953. The molecule has 0 unspecified atom stereocenters. The minimum atomic E-state index is -0.0398. The van der Waals surface area contributed by atoms with Crippen molar-refractivity contribution in [2.24, 2.45) is 23.2 Å². The summed E-state index contributed by atoms with van der Waals surface area (Å²) >= 11 is 3.21. The van der Waals surface area contributed by atoms with Crippen LogP contribution in [0.4, 0.5) is 5.13 Å². The van der Waals surface area contributed by atoms with Crippen LogP contribution >= 0.6 is 22.7 Å². The fourth-order valence-electron chi connectivity index (χ4n) is 5.87. The first-order valence-corrected chi connectivity index (χ1v) is 12.1. The first-order valence-electron chi connectivity index (χ1n) is 10.4. The van der Waals surface area contributed by atoms with Crippen LogP contribution in [0.25, 0.3) is 0 Å². The maximum absolute atomic E-state index is 12.4. The third-order valence-corrected chi connectivity index (χ3v) is 9.18. The van der Waals surface area contributed by atoms with Crippen molar-refractivity contribution in [1.82, 2.24) is 4.98 Å². The Balaban J connectivity index is 1.39. The normalized spacial score (nSPS) is 35.4. The van der Waals surface area contributed by atoms with E-state index in [1.807, 2.05) is 24.4 Å². The van der Waals surface area contributed by atoms with E-state index in [1.165, 1.54) is 4.88 Å². The molecule has 5 nitrogen and oxygen atoms in total. The minimum absolute atomic E-state index is 0.000631. The van der Waals surface area contributed by atoms with E-state index in [0.29, 0.717) is 23.4 Å². The maximum Gasteiger partial charge on any atom is 0.309 e. The number of carbonyl (C=O) groups excluding carboxylic acids is 2. The molecule has 2 aromatic heterocycles. The van der Waals surface area contributed by atoms with Gasteiger partial charge < -0.3 is 10.1 Å². The number of nitrogens with one attached hydrogen (secondary N) is 1. The average Bonchev–Trinajstić information content (AvgIpc) is 3.36. The van der Waals surface area contributed by atoms with Gasteiger partial charge in [-0.25, -0.2) is 4.98 Å². The number of thiazole rings is 1. The summed E-state index contributed by atoms with van der Waals surface area (Å²) in [4.78, 5) is 31.8. The molecule has 2 fully saturated rings. The molecule has 1 N–H and O–H groups in total. The number of hydrogen-bond donors (Lipinski definition) is 1. The summed E-state index contributed by atoms with van der Waals surface area (Å²) in [6, 6.07) is 3.94. The minimum Gasteiger partial charge on any atom is -0.461 e. The van der Waals surface area contributed by atoms with Crippen molar-refractivity contribution < 1.29 is 14.3 Å². The molecule has 0 aromatic carbocycles. The molecular formula is C22H26N2O3S2. The number of hydrogen-bond acceptors (Lipinski definition) is 6. The van der Waals surface area contributed by atoms with Gasteiger partial charge >= 0.3 is 5.97 Å². The largest absolute Gasteiger partial charge is 0.461 e. The zero-order valence-corrected chi connectivity index (χ0v) is 18.6. The first-order chi connectivity index (χ1) is 13.9. The molecule has 2 aliphatic carbocycles. The van der Waals surface area contributed by atoms with Crippen molar-refractivity contribution in [2.45, 2.75) is 58.5 Å². The number of carbonyl (C=O) groups is 2. The number of thiophene rings is 1. The number of esters is 1. The monoisotopic (exact) mass is 430 g/mol. The molecule has 6 atom stereocenters. The van der Waals surface area contributed by atoms with Gasteiger partial charge in [-0.3, -0.25) is 9.59 Å². The van der Waals surface area contributed by atoms with Crippen molar-refractivity contribution in [2.75, 3.05) is 5.32 Å². The van der Waals surface area contributed by atoms with Crippen molar-refractivity contribution in [3.05, 3.63) is 33.0 Å². The Morgan fingerprint density at radius 1 is 1.38 bits per heavy atom. The third-order valence-electron chi connectivity index (χ3n) is 7.32. The highest BCUT2D eigenvalue weighted by atomic mass is 32.1. The summed E-state index contributed by atoms with van der Waals surface area (Å²) < 4.78 is 5.90. The Labute approximate surface area is 178 Å². The van der Waals surface area contributed by atoms with Crippen LogP contribution in [-0.2, 0) is 27.2 Å². The van der Waals surface area contributed by atoms with E-state index in [1.54, 1.807) is 22.7 Å². The molecule has 3 aliphatic rings. The molecule has 154 valence electrons. The number of aromatic nitrogens is 1. The molecule has 5 rings (SSSR count). The average molecular weight is 431 g/mol. The van der Waals surface area contributed by atoms with E-state index in [4.69, 9.17) is 9.72 Å². The van der Waals surface area contributed by atoms with Crippen molar-refractivity contribution in [1.29, 1.82) is 0 Å². The molecule has 3 heterocycles. The lowest BCUT2D eigenvalue weighted by atomic mass is 9.54. The van der Waals surface area contributed by atoms with Gasteiger partial charge in [0.2, 0.25) is 5.91 Å². The standard InChI is InChI=1S/C22H26N2O3S2/c1-11-14-6-7-22(3)10-15-18(12(2)17(22)19(14)27-20(11)26)24-21(29-15)23-16(25)9-13-5-4-8-28-13/h4-5,8,11-12,14,17,19H,6-7,9-10H2,1-3H3,(H,23,24,25)/t11-,12+,14-,17+,19+,22+/m0/s1. The van der Waals surface area contributed by atoms with Gasteiger partial charge in [0.05, 0.1) is 18.0 Å². The lowest BCUT2D eigenvalue weighted by molar-refractivity contribution is -0.149. The van der Waals surface area contributed by atoms with Crippen LogP contribution in [0.15, 0.2) is 17.5 Å². The fourth-order valence-corrected chi connectivity index (χ4v) is 7.85. The van der Waals surface area contributed by atoms with E-state index in [-0.39, 0.29) is 35.2 Å². The van der Waals surface area contributed by atoms with E-state index < -0.39 is 0 Å². The van der Waals surface area contributed by atoms with Crippen LogP contribution in [0.1, 0.15) is 55.0 Å². The second-order valence-electron chi connectivity index (χ2n) is 9.17. The lowest BCUT2D eigenvalue weighted by Gasteiger charge is -2.51. The number of anilines is 1. The summed E-state index contributed by atoms with van der Waals surface area (Å²) in [6.07, 6.45) is 3.50. The zero-order chi connectivity index (χ0) is 20.3. The number of ether oxygens (including phenoxy) is 1. The number of rotatable bonds is 3. The van der Waals surface area contributed by atoms with E-state index in [0.717, 1.165) is 29.8 Å². The Hall–Kier alpha value is -1.73. The molecule has 7 heteroatoms. The van der Waals surface area contributed by atoms with Crippen molar-refractivity contribution in [3.8, 4) is 0 Å². The highest BCUT2D eigenvalue weighted by Gasteiger charge is 2.58. The predicted octanol–water partition coefficient (Wildman–Crippen LogP) is 4.64. The molecule has 1 aliphatic heterocycles. The van der Waals surface area contributed by atoms with Crippen LogP contribution in [0.5, 0.6) is 0 Å². The van der Waals surface area contributed by atoms with Gasteiger partial charge in [0.25, 0.3) is 0 Å². The van der Waals surface area contributed by atoms with Gasteiger partial charge in [0, 0.05) is 27.5 Å². The topological polar surface area (TPSA) is 68.3 Å². The molecule has 1 saturated carbocycles. The quantitative estimate of drug-likeness (QED) is 0.721. The van der Waals surface area contributed by atoms with Gasteiger partial charge in [-0.15, -0.1) is 22.7 Å². The third kappa shape index (κ3) is 3.13. The molecule has 0 spiro atoms. The van der Waals surface area contributed by atoms with Gasteiger partial charge in [-0.05, 0) is 36.1 Å². The predicted molar refractivity (Wildman–Crippen MR) is 114 cm³/mol. The van der Waals surface area contributed by atoms with Crippen molar-refractivity contribution >= 4 is 39.7 Å². The maximum atomic E-state index is 12.4. The summed E-state index contributed by atoms with van der Waals surface area (Å²) in [5.41, 5.74) is 1.20. The SMILES string of the molecule is C[C@@H]1C(=O)O[C@@H]2[C@H]1CC[C@]1(C)Cc3sc(NC(=O)Cc4cccs4)nc3[C@H](C)[C@H]21. The van der Waals surface area contributed by atoms with Crippen molar-refractivity contribution in [3.63, 3.8) is 0 Å². The molecule has 1 saturated heterocycles. The van der Waals surface area contributed by atoms with Crippen LogP contribution in [0.2, 0.25) is 0 Å². The lowest BCUT2D eigenvalue weighted by Crippen LogP contribution is -2.50. The Morgan fingerprint density at radius 3 is 2.97 bits per heavy atom. The van der Waals surface area contributed by atoms with Crippen LogP contribution in [-0.4, -0.2) is 23.0 Å². The number of amides is 1. The zero-order valence-electron chi connectivity index (χ0n) is 16.9. The van der Waals surface area contributed by atoms with Crippen LogP contribution in [0.3, 0.4) is 0 Å². The Kier molecular flexibility index (Phi) is 4.59. The summed E-state index contributed by atoms with van der Waals surface area (Å²) in [5.74, 6) is 0.776. The first kappa shape index (κ1) is 19.2. The molecule has 29 heavy (non-hydrogen) atoms. The van der Waals surface area contributed by atoms with E-state index in [2.05, 4.69) is 19.2 Å². The van der Waals surface area contributed by atoms with Crippen LogP contribution in [0, 0.1) is 23.2 Å². The second-order valence-corrected chi connectivity index (χ2v) is 11.3. The highest BCUT2D eigenvalue weighted by molar-refractivity contribution is 7.16. The second kappa shape index (κ2) is 6.91. The van der Waals surface area contributed by atoms with Gasteiger partial charge in [-0.2, -0.15) is 0 Å². The fraction of sp³-hybridized carbons (Fsp3) is 0.591. The summed E-state index contributed by atoms with van der Waals surface area (Å²) in [5, 5.41) is 5.68. The summed E-state index contributed by atoms with van der Waals surface area (Å²) in [7, 11) is 0. The smallest absolute Gasteiger partial charge is 0.309 e. The van der Waals surface area contributed by atoms with E-state index in [9.17, 15) is 9.59 Å². The van der Waals surface area contributed by atoms with Gasteiger partial charge in [-0.1, -0.05) is 26.8 Å².